The third kappa shape index (κ3) is 2.32. The van der Waals surface area contributed by atoms with Crippen LogP contribution in [0.15, 0.2) is 0 Å². The Labute approximate surface area is 126 Å². The number of nitrogens with zero attached hydrogens (tertiary/aromatic N) is 2. The molecule has 0 amide bonds. The van der Waals surface area contributed by atoms with Crippen molar-refractivity contribution < 1.29 is 0 Å². The van der Waals surface area contributed by atoms with E-state index in [4.69, 9.17) is 4.98 Å². The molecule has 1 aromatic rings. The maximum Gasteiger partial charge on any atom is 0.113 e. The van der Waals surface area contributed by atoms with Crippen molar-refractivity contribution in [1.29, 1.82) is 0 Å². The van der Waals surface area contributed by atoms with E-state index in [1.165, 1.54) is 41.3 Å². The maximum atomic E-state index is 4.92. The third-order valence-corrected chi connectivity index (χ3v) is 6.43. The Hall–Kier alpha value is -0.450. The van der Waals surface area contributed by atoms with Crippen LogP contribution in [0.5, 0.6) is 0 Å². The quantitative estimate of drug-likeness (QED) is 0.927. The fraction of sp³-hybridized carbons (Fsp3) is 0.812. The molecule has 2 aliphatic heterocycles. The Morgan fingerprint density at radius 1 is 1.25 bits per heavy atom. The zero-order valence-electron chi connectivity index (χ0n) is 13.4. The van der Waals surface area contributed by atoms with E-state index in [9.17, 15) is 0 Å². The van der Waals surface area contributed by atoms with Gasteiger partial charge in [-0.2, -0.15) is 0 Å². The molecule has 0 aromatic carbocycles. The zero-order valence-corrected chi connectivity index (χ0v) is 14.2. The van der Waals surface area contributed by atoms with E-state index in [-0.39, 0.29) is 5.54 Å². The monoisotopic (exact) mass is 293 g/mol. The first-order valence-corrected chi connectivity index (χ1v) is 8.67. The Kier molecular flexibility index (Phi) is 3.68. The van der Waals surface area contributed by atoms with Gasteiger partial charge in [-0.15, -0.1) is 11.3 Å². The van der Waals surface area contributed by atoms with Crippen molar-refractivity contribution in [3.8, 4) is 0 Å². The smallest absolute Gasteiger partial charge is 0.113 e. The van der Waals surface area contributed by atoms with Crippen LogP contribution in [0.1, 0.15) is 55.1 Å². The minimum absolute atomic E-state index is 0.107. The lowest BCUT2D eigenvalue weighted by Gasteiger charge is -2.45. The maximum absolute atomic E-state index is 4.92. The van der Waals surface area contributed by atoms with Crippen molar-refractivity contribution in [2.45, 2.75) is 77.0 Å². The molecular formula is C16H27N3S. The topological polar surface area (TPSA) is 28.2 Å². The average Bonchev–Trinajstić information content (AvgIpc) is 2.79. The largest absolute Gasteiger partial charge is 0.303 e. The zero-order chi connectivity index (χ0) is 14.5. The van der Waals surface area contributed by atoms with Crippen LogP contribution < -0.4 is 5.32 Å². The van der Waals surface area contributed by atoms with Crippen LogP contribution in [0, 0.1) is 13.8 Å². The number of fused-ring (bicyclic) bond motifs is 2. The lowest BCUT2D eigenvalue weighted by molar-refractivity contribution is 0.0830. The van der Waals surface area contributed by atoms with Crippen LogP contribution in [0.25, 0.3) is 0 Å². The molecule has 2 atom stereocenters. The number of nitrogens with one attached hydrogen (secondary N) is 1. The molecule has 2 unspecified atom stereocenters. The number of aromatic nitrogens is 1. The minimum Gasteiger partial charge on any atom is -0.303 e. The first-order chi connectivity index (χ1) is 9.41. The van der Waals surface area contributed by atoms with Gasteiger partial charge in [-0.25, -0.2) is 4.98 Å². The summed E-state index contributed by atoms with van der Waals surface area (Å²) in [6.45, 7) is 8.86. The van der Waals surface area contributed by atoms with Crippen molar-refractivity contribution in [2.75, 3.05) is 7.05 Å². The molecule has 4 heteroatoms. The third-order valence-electron chi connectivity index (χ3n) is 5.16. The van der Waals surface area contributed by atoms with Gasteiger partial charge < -0.3 is 10.2 Å². The van der Waals surface area contributed by atoms with Gasteiger partial charge in [0.05, 0.1) is 11.2 Å². The Morgan fingerprint density at radius 3 is 2.30 bits per heavy atom. The average molecular weight is 293 g/mol. The molecule has 20 heavy (non-hydrogen) atoms. The number of piperidine rings is 1. The molecule has 0 radical (unpaired) electrons. The van der Waals surface area contributed by atoms with Crippen LogP contribution in [0.2, 0.25) is 0 Å². The summed E-state index contributed by atoms with van der Waals surface area (Å²) in [7, 11) is 2.31. The number of hydrogen-bond acceptors (Lipinski definition) is 4. The summed E-state index contributed by atoms with van der Waals surface area (Å²) >= 11 is 1.90. The second-order valence-corrected chi connectivity index (χ2v) is 8.20. The second-order valence-electron chi connectivity index (χ2n) is 7.00. The summed E-state index contributed by atoms with van der Waals surface area (Å²) in [5, 5.41) is 5.22. The lowest BCUT2D eigenvalue weighted by Crippen LogP contribution is -2.56. The molecule has 112 valence electrons. The van der Waals surface area contributed by atoms with Gasteiger partial charge in [0, 0.05) is 23.0 Å². The standard InChI is InChI=1S/C16H27N3S/c1-10(2)18-16(15-17-11(3)12(4)20-15)8-13-6-7-14(9-16)19(13)5/h10,13-14,18H,6-9H2,1-5H3. The molecule has 0 aliphatic carbocycles. The van der Waals surface area contributed by atoms with Gasteiger partial charge in [0.2, 0.25) is 0 Å². The highest BCUT2D eigenvalue weighted by molar-refractivity contribution is 7.11. The van der Waals surface area contributed by atoms with Crippen molar-refractivity contribution in [3.63, 3.8) is 0 Å². The molecule has 2 bridgehead atoms. The fourth-order valence-electron chi connectivity index (χ4n) is 4.05. The number of hydrogen-bond donors (Lipinski definition) is 1. The number of rotatable bonds is 3. The molecule has 1 aromatic heterocycles. The molecule has 1 N–H and O–H groups in total. The molecule has 3 rings (SSSR count). The van der Waals surface area contributed by atoms with E-state index < -0.39 is 0 Å². The van der Waals surface area contributed by atoms with E-state index in [0.717, 1.165) is 12.1 Å². The van der Waals surface area contributed by atoms with Crippen LogP contribution >= 0.6 is 11.3 Å². The van der Waals surface area contributed by atoms with Gasteiger partial charge in [0.25, 0.3) is 0 Å². The Morgan fingerprint density at radius 2 is 1.85 bits per heavy atom. The lowest BCUT2D eigenvalue weighted by atomic mass is 9.82. The highest BCUT2D eigenvalue weighted by Gasteiger charge is 2.49. The van der Waals surface area contributed by atoms with Gasteiger partial charge in [-0.3, -0.25) is 0 Å². The fourth-order valence-corrected chi connectivity index (χ4v) is 5.14. The van der Waals surface area contributed by atoms with Crippen LogP contribution in [-0.4, -0.2) is 35.1 Å². The molecule has 3 heterocycles. The predicted molar refractivity (Wildman–Crippen MR) is 85.3 cm³/mol. The van der Waals surface area contributed by atoms with Crippen molar-refractivity contribution in [2.24, 2.45) is 0 Å². The van der Waals surface area contributed by atoms with Crippen LogP contribution in [0.4, 0.5) is 0 Å². The van der Waals surface area contributed by atoms with Gasteiger partial charge in [0.15, 0.2) is 0 Å². The summed E-state index contributed by atoms with van der Waals surface area (Å²) < 4.78 is 0. The van der Waals surface area contributed by atoms with Crippen molar-refractivity contribution in [3.05, 3.63) is 15.6 Å². The van der Waals surface area contributed by atoms with Gasteiger partial charge in [-0.05, 0) is 60.4 Å². The minimum atomic E-state index is 0.107. The number of aryl methyl sites for hydroxylation is 2. The molecule has 2 aliphatic rings. The molecule has 0 saturated carbocycles. The van der Waals surface area contributed by atoms with E-state index in [0.29, 0.717) is 6.04 Å². The van der Waals surface area contributed by atoms with E-state index in [2.05, 4.69) is 45.0 Å². The van der Waals surface area contributed by atoms with E-state index in [1.54, 1.807) is 0 Å². The molecular weight excluding hydrogens is 266 g/mol. The molecule has 0 spiro atoms. The summed E-state index contributed by atoms with van der Waals surface area (Å²) in [4.78, 5) is 8.89. The predicted octanol–water partition coefficient (Wildman–Crippen LogP) is 3.21. The molecule has 2 fully saturated rings. The summed E-state index contributed by atoms with van der Waals surface area (Å²) in [6.07, 6.45) is 5.13. The van der Waals surface area contributed by atoms with Crippen LogP contribution in [-0.2, 0) is 5.54 Å². The first kappa shape index (κ1) is 14.5. The Balaban J connectivity index is 1.97. The number of thiazole rings is 1. The van der Waals surface area contributed by atoms with Crippen molar-refractivity contribution in [1.82, 2.24) is 15.2 Å². The highest BCUT2D eigenvalue weighted by atomic mass is 32.1. The van der Waals surface area contributed by atoms with Gasteiger partial charge in [-0.1, -0.05) is 0 Å². The molecule has 3 nitrogen and oxygen atoms in total. The first-order valence-electron chi connectivity index (χ1n) is 7.85. The SMILES string of the molecule is Cc1nc(C2(NC(C)C)CC3CCC(C2)N3C)sc1C. The second kappa shape index (κ2) is 5.08. The van der Waals surface area contributed by atoms with E-state index >= 15 is 0 Å². The summed E-state index contributed by atoms with van der Waals surface area (Å²) in [6, 6.07) is 1.95. The Bertz CT molecular complexity index is 460. The van der Waals surface area contributed by atoms with Gasteiger partial charge >= 0.3 is 0 Å². The van der Waals surface area contributed by atoms with Gasteiger partial charge in [0.1, 0.15) is 5.01 Å². The van der Waals surface area contributed by atoms with E-state index in [1.807, 2.05) is 11.3 Å². The van der Waals surface area contributed by atoms with Crippen LogP contribution in [0.3, 0.4) is 0 Å². The molecule has 2 saturated heterocycles. The summed E-state index contributed by atoms with van der Waals surface area (Å²) in [5.74, 6) is 0. The highest BCUT2D eigenvalue weighted by Crippen LogP contribution is 2.46. The van der Waals surface area contributed by atoms with Crippen molar-refractivity contribution >= 4 is 11.3 Å². The summed E-state index contributed by atoms with van der Waals surface area (Å²) in [5.41, 5.74) is 1.32. The normalized spacial score (nSPS) is 34.1.